The van der Waals surface area contributed by atoms with Crippen molar-refractivity contribution >= 4 is 40.8 Å². The highest BCUT2D eigenvalue weighted by Gasteiger charge is 2.39. The number of methoxy groups -OCH3 is 1. The number of benzene rings is 2. The van der Waals surface area contributed by atoms with E-state index in [-0.39, 0.29) is 16.8 Å². The SMILES string of the molecule is COc1cccc(N2C(=O)C(Cl)=C(Nc3ccc(C(=O)OC(C)C)cc3)C2=O)c1. The van der Waals surface area contributed by atoms with E-state index in [1.807, 2.05) is 0 Å². The van der Waals surface area contributed by atoms with E-state index in [4.69, 9.17) is 21.1 Å². The molecule has 0 saturated heterocycles. The van der Waals surface area contributed by atoms with Crippen LogP contribution in [-0.2, 0) is 14.3 Å². The van der Waals surface area contributed by atoms with Gasteiger partial charge in [-0.25, -0.2) is 9.69 Å². The minimum Gasteiger partial charge on any atom is -0.497 e. The van der Waals surface area contributed by atoms with Crippen molar-refractivity contribution in [3.8, 4) is 5.75 Å². The maximum atomic E-state index is 12.8. The Labute approximate surface area is 172 Å². The number of amides is 2. The summed E-state index contributed by atoms with van der Waals surface area (Å²) in [4.78, 5) is 38.2. The number of esters is 1. The average Bonchev–Trinajstić information content (AvgIpc) is 2.91. The average molecular weight is 415 g/mol. The van der Waals surface area contributed by atoms with Crippen molar-refractivity contribution in [2.45, 2.75) is 20.0 Å². The molecule has 8 heteroatoms. The Bertz CT molecular complexity index is 998. The molecule has 2 aromatic carbocycles. The highest BCUT2D eigenvalue weighted by molar-refractivity contribution is 6.53. The van der Waals surface area contributed by atoms with Gasteiger partial charge in [-0.1, -0.05) is 17.7 Å². The van der Waals surface area contributed by atoms with E-state index in [1.54, 1.807) is 62.4 Å². The zero-order valence-electron chi connectivity index (χ0n) is 16.1. The van der Waals surface area contributed by atoms with Gasteiger partial charge >= 0.3 is 5.97 Å². The molecule has 0 spiro atoms. The quantitative estimate of drug-likeness (QED) is 0.573. The van der Waals surface area contributed by atoms with Crippen LogP contribution in [0, 0.1) is 0 Å². The third-order valence-electron chi connectivity index (χ3n) is 4.07. The highest BCUT2D eigenvalue weighted by Crippen LogP contribution is 2.31. The third-order valence-corrected chi connectivity index (χ3v) is 4.42. The molecule has 0 bridgehead atoms. The lowest BCUT2D eigenvalue weighted by molar-refractivity contribution is -0.120. The number of nitrogens with zero attached hydrogens (tertiary/aromatic N) is 1. The number of carbonyl (C=O) groups is 3. The van der Waals surface area contributed by atoms with Gasteiger partial charge in [-0.05, 0) is 50.2 Å². The van der Waals surface area contributed by atoms with Crippen molar-refractivity contribution in [2.24, 2.45) is 0 Å². The zero-order valence-corrected chi connectivity index (χ0v) is 16.8. The third kappa shape index (κ3) is 4.25. The van der Waals surface area contributed by atoms with Crippen LogP contribution in [-0.4, -0.2) is 31.0 Å². The Balaban J connectivity index is 1.80. The van der Waals surface area contributed by atoms with Gasteiger partial charge in [0.15, 0.2) is 0 Å². The number of rotatable bonds is 6. The molecule has 1 aliphatic heterocycles. The molecule has 29 heavy (non-hydrogen) atoms. The second-order valence-electron chi connectivity index (χ2n) is 6.49. The van der Waals surface area contributed by atoms with E-state index in [9.17, 15) is 14.4 Å². The Morgan fingerprint density at radius 3 is 2.38 bits per heavy atom. The maximum absolute atomic E-state index is 12.8. The summed E-state index contributed by atoms with van der Waals surface area (Å²) in [7, 11) is 1.49. The van der Waals surface area contributed by atoms with E-state index in [2.05, 4.69) is 5.32 Å². The Hall–Kier alpha value is -3.32. The summed E-state index contributed by atoms with van der Waals surface area (Å²) < 4.78 is 10.3. The zero-order chi connectivity index (χ0) is 21.1. The summed E-state index contributed by atoms with van der Waals surface area (Å²) >= 11 is 6.13. The number of imide groups is 1. The lowest BCUT2D eigenvalue weighted by Gasteiger charge is -2.16. The van der Waals surface area contributed by atoms with Crippen LogP contribution in [0.4, 0.5) is 11.4 Å². The molecule has 150 valence electrons. The molecule has 0 saturated carbocycles. The first-order chi connectivity index (χ1) is 13.8. The second kappa shape index (κ2) is 8.36. The van der Waals surface area contributed by atoms with Crippen molar-refractivity contribution in [1.82, 2.24) is 0 Å². The topological polar surface area (TPSA) is 84.9 Å². The van der Waals surface area contributed by atoms with Crippen LogP contribution in [0.5, 0.6) is 5.75 Å². The van der Waals surface area contributed by atoms with Crippen LogP contribution in [0.15, 0.2) is 59.3 Å². The summed E-state index contributed by atoms with van der Waals surface area (Å²) in [5.74, 6) is -1.16. The number of hydrogen-bond donors (Lipinski definition) is 1. The fourth-order valence-corrected chi connectivity index (χ4v) is 2.92. The first kappa shape index (κ1) is 20.4. The highest BCUT2D eigenvalue weighted by atomic mass is 35.5. The van der Waals surface area contributed by atoms with Crippen LogP contribution in [0.25, 0.3) is 0 Å². The van der Waals surface area contributed by atoms with E-state index in [0.717, 1.165) is 4.90 Å². The lowest BCUT2D eigenvalue weighted by atomic mass is 10.2. The molecule has 0 aromatic heterocycles. The number of nitrogens with one attached hydrogen (secondary N) is 1. The van der Waals surface area contributed by atoms with Crippen LogP contribution < -0.4 is 15.0 Å². The number of ether oxygens (including phenoxy) is 2. The predicted octanol–water partition coefficient (Wildman–Crippen LogP) is 3.70. The molecule has 1 N–H and O–H groups in total. The van der Waals surface area contributed by atoms with Crippen LogP contribution >= 0.6 is 11.6 Å². The van der Waals surface area contributed by atoms with Gasteiger partial charge in [-0.3, -0.25) is 9.59 Å². The van der Waals surface area contributed by atoms with Crippen molar-refractivity contribution in [2.75, 3.05) is 17.3 Å². The molecule has 0 unspecified atom stereocenters. The standard InChI is InChI=1S/C21H19ClN2O5/c1-12(2)29-21(27)13-7-9-14(10-8-13)23-18-17(22)19(25)24(20(18)26)15-5-4-6-16(11-15)28-3/h4-12,23H,1-3H3. The largest absolute Gasteiger partial charge is 0.497 e. The van der Waals surface area contributed by atoms with Gasteiger partial charge in [0.05, 0.1) is 24.5 Å². The van der Waals surface area contributed by atoms with Crippen LogP contribution in [0.2, 0.25) is 0 Å². The molecule has 3 rings (SSSR count). The van der Waals surface area contributed by atoms with Gasteiger partial charge in [-0.15, -0.1) is 0 Å². The van der Waals surface area contributed by atoms with Gasteiger partial charge in [0, 0.05) is 11.8 Å². The normalized spacial score (nSPS) is 13.9. The van der Waals surface area contributed by atoms with Gasteiger partial charge < -0.3 is 14.8 Å². The fraction of sp³-hybridized carbons (Fsp3) is 0.190. The van der Waals surface area contributed by atoms with Crippen molar-refractivity contribution < 1.29 is 23.9 Å². The number of hydrogen-bond acceptors (Lipinski definition) is 6. The molecule has 0 radical (unpaired) electrons. The predicted molar refractivity (Wildman–Crippen MR) is 109 cm³/mol. The maximum Gasteiger partial charge on any atom is 0.338 e. The van der Waals surface area contributed by atoms with Gasteiger partial charge in [-0.2, -0.15) is 0 Å². The van der Waals surface area contributed by atoms with Gasteiger partial charge in [0.2, 0.25) is 0 Å². The van der Waals surface area contributed by atoms with Crippen molar-refractivity contribution in [1.29, 1.82) is 0 Å². The number of anilines is 2. The summed E-state index contributed by atoms with van der Waals surface area (Å²) in [6, 6.07) is 12.9. The molecule has 7 nitrogen and oxygen atoms in total. The van der Waals surface area contributed by atoms with Crippen LogP contribution in [0.3, 0.4) is 0 Å². The van der Waals surface area contributed by atoms with E-state index >= 15 is 0 Å². The number of carbonyl (C=O) groups excluding carboxylic acids is 3. The first-order valence-electron chi connectivity index (χ1n) is 8.82. The Kier molecular flexibility index (Phi) is 5.89. The van der Waals surface area contributed by atoms with Crippen molar-refractivity contribution in [3.05, 3.63) is 64.8 Å². The second-order valence-corrected chi connectivity index (χ2v) is 6.87. The molecule has 0 fully saturated rings. The summed E-state index contributed by atoms with van der Waals surface area (Å²) in [6.45, 7) is 3.53. The van der Waals surface area contributed by atoms with E-state index in [1.165, 1.54) is 7.11 Å². The van der Waals surface area contributed by atoms with E-state index < -0.39 is 17.8 Å². The van der Waals surface area contributed by atoms with Crippen molar-refractivity contribution in [3.63, 3.8) is 0 Å². The number of halogens is 1. The summed E-state index contributed by atoms with van der Waals surface area (Å²) in [5.41, 5.74) is 1.17. The van der Waals surface area contributed by atoms with E-state index in [0.29, 0.717) is 22.7 Å². The van der Waals surface area contributed by atoms with Gasteiger partial charge in [0.1, 0.15) is 16.5 Å². The summed E-state index contributed by atoms with van der Waals surface area (Å²) in [6.07, 6.45) is -0.228. The Morgan fingerprint density at radius 1 is 1.07 bits per heavy atom. The lowest BCUT2D eigenvalue weighted by Crippen LogP contribution is -2.32. The monoisotopic (exact) mass is 414 g/mol. The molecular formula is C21H19ClN2O5. The molecule has 0 aliphatic carbocycles. The smallest absolute Gasteiger partial charge is 0.338 e. The molecular weight excluding hydrogens is 396 g/mol. The Morgan fingerprint density at radius 2 is 1.76 bits per heavy atom. The fourth-order valence-electron chi connectivity index (χ4n) is 2.71. The minimum atomic E-state index is -0.635. The summed E-state index contributed by atoms with van der Waals surface area (Å²) in [5, 5.41) is 2.64. The molecule has 2 aromatic rings. The molecule has 1 heterocycles. The minimum absolute atomic E-state index is 0.0445. The first-order valence-corrected chi connectivity index (χ1v) is 9.20. The molecule has 2 amide bonds. The van der Waals surface area contributed by atoms with Crippen LogP contribution in [0.1, 0.15) is 24.2 Å². The molecule has 0 atom stereocenters. The molecule has 1 aliphatic rings. The van der Waals surface area contributed by atoms with Gasteiger partial charge in [0.25, 0.3) is 11.8 Å².